The first-order chi connectivity index (χ1) is 12.5. The Labute approximate surface area is 153 Å². The van der Waals surface area contributed by atoms with Gasteiger partial charge >= 0.3 is 6.09 Å². The third-order valence-electron chi connectivity index (χ3n) is 4.74. The minimum absolute atomic E-state index is 0.0724. The normalized spacial score (nSPS) is 18.3. The zero-order valence-corrected chi connectivity index (χ0v) is 15.3. The molecule has 2 atom stereocenters. The summed E-state index contributed by atoms with van der Waals surface area (Å²) in [6.45, 7) is 2.22. The number of nitrogens with one attached hydrogen (secondary N) is 1. The van der Waals surface area contributed by atoms with Crippen LogP contribution >= 0.6 is 0 Å². The van der Waals surface area contributed by atoms with Gasteiger partial charge in [0.05, 0.1) is 7.11 Å². The number of anilines is 2. The molecule has 6 nitrogen and oxygen atoms in total. The maximum absolute atomic E-state index is 12.1. The van der Waals surface area contributed by atoms with Crippen molar-refractivity contribution in [3.63, 3.8) is 0 Å². The molecule has 2 aromatic rings. The van der Waals surface area contributed by atoms with E-state index in [0.717, 1.165) is 11.5 Å². The number of furan rings is 1. The van der Waals surface area contributed by atoms with Gasteiger partial charge < -0.3 is 14.5 Å². The quantitative estimate of drug-likeness (QED) is 0.843. The first-order valence-electron chi connectivity index (χ1n) is 8.78. The number of methoxy groups -OCH3 is 1. The van der Waals surface area contributed by atoms with Crippen molar-refractivity contribution in [2.24, 2.45) is 5.92 Å². The summed E-state index contributed by atoms with van der Waals surface area (Å²) in [7, 11) is 2.96. The molecule has 2 unspecified atom stereocenters. The highest BCUT2D eigenvalue weighted by Gasteiger charge is 2.36. The predicted octanol–water partition coefficient (Wildman–Crippen LogP) is 4.18. The van der Waals surface area contributed by atoms with E-state index in [4.69, 9.17) is 4.42 Å². The molecule has 138 valence electrons. The van der Waals surface area contributed by atoms with Gasteiger partial charge in [-0.25, -0.2) is 4.79 Å². The fourth-order valence-electron chi connectivity index (χ4n) is 2.92. The van der Waals surface area contributed by atoms with Gasteiger partial charge in [-0.2, -0.15) is 0 Å². The highest BCUT2D eigenvalue weighted by molar-refractivity contribution is 5.92. The van der Waals surface area contributed by atoms with Gasteiger partial charge in [0.1, 0.15) is 11.5 Å². The number of hydrogen-bond donors (Lipinski definition) is 1. The van der Waals surface area contributed by atoms with Crippen LogP contribution < -0.4 is 10.2 Å². The van der Waals surface area contributed by atoms with Crippen molar-refractivity contribution < 1.29 is 18.7 Å². The fraction of sp³-hybridized carbons (Fsp3) is 0.400. The Morgan fingerprint density at radius 1 is 1.23 bits per heavy atom. The van der Waals surface area contributed by atoms with Gasteiger partial charge in [-0.15, -0.1) is 0 Å². The molecule has 0 saturated heterocycles. The second-order valence-electron chi connectivity index (χ2n) is 6.75. The van der Waals surface area contributed by atoms with Gasteiger partial charge in [0.15, 0.2) is 0 Å². The Kier molecular flexibility index (Phi) is 5.30. The number of benzene rings is 1. The molecule has 1 saturated carbocycles. The highest BCUT2D eigenvalue weighted by atomic mass is 16.5. The van der Waals surface area contributed by atoms with Crippen LogP contribution in [0.1, 0.15) is 37.2 Å². The molecule has 2 amide bonds. The molecule has 1 N–H and O–H groups in total. The van der Waals surface area contributed by atoms with Gasteiger partial charge in [-0.3, -0.25) is 9.69 Å². The molecular formula is C20H24N2O4. The Morgan fingerprint density at radius 2 is 1.92 bits per heavy atom. The lowest BCUT2D eigenvalue weighted by Gasteiger charge is -2.15. The number of amides is 2. The smallest absolute Gasteiger partial charge is 0.413 e. The SMILES string of the molecule is COC(=O)N(C)c1ccc(NC(=O)CCc2ccc(C3CC3C)o2)cc1. The van der Waals surface area contributed by atoms with Crippen LogP contribution in [0.3, 0.4) is 0 Å². The Balaban J connectivity index is 1.48. The minimum Gasteiger partial charge on any atom is -0.466 e. The molecule has 1 aromatic heterocycles. The summed E-state index contributed by atoms with van der Waals surface area (Å²) in [6.07, 6.45) is 1.68. The lowest BCUT2D eigenvalue weighted by atomic mass is 10.2. The van der Waals surface area contributed by atoms with Crippen LogP contribution in [0, 0.1) is 5.92 Å². The van der Waals surface area contributed by atoms with Crippen LogP contribution in [-0.4, -0.2) is 26.2 Å². The Morgan fingerprint density at radius 3 is 2.54 bits per heavy atom. The molecule has 1 aromatic carbocycles. The zero-order valence-electron chi connectivity index (χ0n) is 15.3. The number of carbonyl (C=O) groups is 2. The first-order valence-corrected chi connectivity index (χ1v) is 8.78. The van der Waals surface area contributed by atoms with Crippen LogP contribution in [0.5, 0.6) is 0 Å². The molecule has 26 heavy (non-hydrogen) atoms. The number of ether oxygens (including phenoxy) is 1. The summed E-state index contributed by atoms with van der Waals surface area (Å²) >= 11 is 0. The van der Waals surface area contributed by atoms with E-state index in [2.05, 4.69) is 17.0 Å². The molecule has 0 bridgehead atoms. The standard InChI is InChI=1S/C20H24N2O4/c1-13-12-17(13)18-10-8-16(26-18)9-11-19(23)21-14-4-6-15(7-5-14)22(2)20(24)25-3/h4-8,10,13,17H,9,11-12H2,1-3H3,(H,21,23). The zero-order chi connectivity index (χ0) is 18.7. The average molecular weight is 356 g/mol. The maximum atomic E-state index is 12.1. The summed E-state index contributed by atoms with van der Waals surface area (Å²) in [4.78, 5) is 25.0. The lowest BCUT2D eigenvalue weighted by molar-refractivity contribution is -0.116. The minimum atomic E-state index is -0.444. The molecule has 1 aliphatic rings. The van der Waals surface area contributed by atoms with Crippen molar-refractivity contribution in [2.75, 3.05) is 24.4 Å². The summed E-state index contributed by atoms with van der Waals surface area (Å²) in [5, 5.41) is 2.86. The number of nitrogens with zero attached hydrogens (tertiary/aromatic N) is 1. The molecule has 0 aliphatic heterocycles. The van der Waals surface area contributed by atoms with Crippen molar-refractivity contribution >= 4 is 23.4 Å². The van der Waals surface area contributed by atoms with E-state index in [0.29, 0.717) is 36.1 Å². The van der Waals surface area contributed by atoms with Gasteiger partial charge in [-0.05, 0) is 48.7 Å². The van der Waals surface area contributed by atoms with E-state index in [1.165, 1.54) is 18.4 Å². The van der Waals surface area contributed by atoms with Crippen LogP contribution in [-0.2, 0) is 16.0 Å². The largest absolute Gasteiger partial charge is 0.466 e. The van der Waals surface area contributed by atoms with Gasteiger partial charge in [-0.1, -0.05) is 6.92 Å². The van der Waals surface area contributed by atoms with Crippen LogP contribution in [0.25, 0.3) is 0 Å². The first kappa shape index (κ1) is 18.0. The average Bonchev–Trinajstić information content (AvgIpc) is 3.19. The van der Waals surface area contributed by atoms with Gasteiger partial charge in [0.2, 0.25) is 5.91 Å². The Hall–Kier alpha value is -2.76. The number of rotatable bonds is 6. The number of carbonyl (C=O) groups excluding carboxylic acids is 2. The topological polar surface area (TPSA) is 71.8 Å². The molecule has 0 radical (unpaired) electrons. The van der Waals surface area contributed by atoms with E-state index in [-0.39, 0.29) is 5.91 Å². The lowest BCUT2D eigenvalue weighted by Crippen LogP contribution is -2.25. The highest BCUT2D eigenvalue weighted by Crippen LogP contribution is 2.47. The van der Waals surface area contributed by atoms with Crippen molar-refractivity contribution in [3.8, 4) is 0 Å². The van der Waals surface area contributed by atoms with E-state index in [1.807, 2.05) is 12.1 Å². The molecule has 1 fully saturated rings. The molecule has 0 spiro atoms. The second-order valence-corrected chi connectivity index (χ2v) is 6.75. The van der Waals surface area contributed by atoms with E-state index >= 15 is 0 Å². The fourth-order valence-corrected chi connectivity index (χ4v) is 2.92. The summed E-state index contributed by atoms with van der Waals surface area (Å²) < 4.78 is 10.5. The summed E-state index contributed by atoms with van der Waals surface area (Å²) in [5.74, 6) is 3.08. The van der Waals surface area contributed by atoms with E-state index in [9.17, 15) is 9.59 Å². The summed E-state index contributed by atoms with van der Waals surface area (Å²) in [6, 6.07) is 11.0. The Bertz CT molecular complexity index is 781. The number of hydrogen-bond acceptors (Lipinski definition) is 4. The third-order valence-corrected chi connectivity index (χ3v) is 4.74. The van der Waals surface area contributed by atoms with Crippen molar-refractivity contribution in [3.05, 3.63) is 47.9 Å². The van der Waals surface area contributed by atoms with E-state index < -0.39 is 6.09 Å². The van der Waals surface area contributed by atoms with Crippen molar-refractivity contribution in [1.29, 1.82) is 0 Å². The molecule has 3 rings (SSSR count). The van der Waals surface area contributed by atoms with E-state index in [1.54, 1.807) is 31.3 Å². The number of aryl methyl sites for hydroxylation is 1. The predicted molar refractivity (Wildman–Crippen MR) is 99.4 cm³/mol. The molecule has 6 heteroatoms. The van der Waals surface area contributed by atoms with Crippen LogP contribution in [0.4, 0.5) is 16.2 Å². The second kappa shape index (κ2) is 7.64. The third kappa shape index (κ3) is 4.25. The molecule has 1 heterocycles. The summed E-state index contributed by atoms with van der Waals surface area (Å²) in [5.41, 5.74) is 1.37. The van der Waals surface area contributed by atoms with Crippen molar-refractivity contribution in [2.45, 2.75) is 32.1 Å². The van der Waals surface area contributed by atoms with Gasteiger partial charge in [0.25, 0.3) is 0 Å². The van der Waals surface area contributed by atoms with Crippen LogP contribution in [0.15, 0.2) is 40.8 Å². The van der Waals surface area contributed by atoms with Gasteiger partial charge in [0, 0.05) is 37.2 Å². The maximum Gasteiger partial charge on any atom is 0.413 e. The molecular weight excluding hydrogens is 332 g/mol. The monoisotopic (exact) mass is 356 g/mol. The van der Waals surface area contributed by atoms with Crippen LogP contribution in [0.2, 0.25) is 0 Å². The molecule has 1 aliphatic carbocycles. The van der Waals surface area contributed by atoms with Crippen molar-refractivity contribution in [1.82, 2.24) is 0 Å².